The summed E-state index contributed by atoms with van der Waals surface area (Å²) in [4.78, 5) is 18.0. The lowest BCUT2D eigenvalue weighted by Gasteiger charge is -2.06. The number of aromatic nitrogens is 1. The number of halogens is 1. The summed E-state index contributed by atoms with van der Waals surface area (Å²) in [5.74, 6) is -0.304. The van der Waals surface area contributed by atoms with Gasteiger partial charge in [0.15, 0.2) is 4.80 Å². The average molecular weight is 460 g/mol. The quantitative estimate of drug-likeness (QED) is 0.548. The van der Waals surface area contributed by atoms with Crippen LogP contribution in [0.25, 0.3) is 10.2 Å². The van der Waals surface area contributed by atoms with E-state index in [4.69, 9.17) is 21.5 Å². The molecule has 2 aromatic heterocycles. The molecule has 3 rings (SSSR count). The highest BCUT2D eigenvalue weighted by molar-refractivity contribution is 7.89. The van der Waals surface area contributed by atoms with E-state index in [9.17, 15) is 13.2 Å². The molecule has 0 bridgehead atoms. The van der Waals surface area contributed by atoms with Crippen LogP contribution < -0.4 is 9.94 Å². The number of rotatable bonds is 7. The van der Waals surface area contributed by atoms with E-state index in [2.05, 4.69) is 4.99 Å². The highest BCUT2D eigenvalue weighted by Gasteiger charge is 2.13. The number of carbonyl (C=O) groups excluding carboxylic acids is 1. The second-order valence-corrected chi connectivity index (χ2v) is 10.2. The second-order valence-electron chi connectivity index (χ2n) is 5.80. The van der Waals surface area contributed by atoms with Crippen LogP contribution in [0.5, 0.6) is 0 Å². The lowest BCUT2D eigenvalue weighted by molar-refractivity contribution is -0.117. The number of hydrogen-bond acceptors (Lipinski definition) is 6. The first-order valence-electron chi connectivity index (χ1n) is 8.33. The molecule has 11 heteroatoms. The van der Waals surface area contributed by atoms with E-state index in [0.29, 0.717) is 33.6 Å². The molecule has 3 aromatic rings. The molecular formula is C17H18ClN3O4S3. The number of thiazole rings is 1. The molecule has 0 aliphatic carbocycles. The van der Waals surface area contributed by atoms with Crippen molar-refractivity contribution < 1.29 is 17.9 Å². The largest absolute Gasteiger partial charge is 0.380 e. The molecule has 0 saturated carbocycles. The zero-order chi connectivity index (χ0) is 20.3. The molecule has 2 heterocycles. The van der Waals surface area contributed by atoms with Gasteiger partial charge in [0.25, 0.3) is 5.91 Å². The molecule has 0 radical (unpaired) electrons. The Morgan fingerprint density at radius 3 is 2.71 bits per heavy atom. The van der Waals surface area contributed by atoms with Crippen molar-refractivity contribution in [3.63, 3.8) is 0 Å². The van der Waals surface area contributed by atoms with Gasteiger partial charge in [0.2, 0.25) is 10.0 Å². The van der Waals surface area contributed by atoms with Crippen molar-refractivity contribution in [3.05, 3.63) is 44.3 Å². The fourth-order valence-electron chi connectivity index (χ4n) is 2.57. The Bertz CT molecular complexity index is 1180. The minimum Gasteiger partial charge on any atom is -0.380 e. The molecule has 2 N–H and O–H groups in total. The summed E-state index contributed by atoms with van der Waals surface area (Å²) in [6.45, 7) is 3.40. The van der Waals surface area contributed by atoms with Crippen LogP contribution in [0, 0.1) is 0 Å². The smallest absolute Gasteiger partial charge is 0.253 e. The number of ether oxygens (including phenoxy) is 1. The molecule has 0 aliphatic rings. The van der Waals surface area contributed by atoms with Crippen molar-refractivity contribution in [2.45, 2.75) is 24.8 Å². The second kappa shape index (κ2) is 8.85. The molecular weight excluding hydrogens is 442 g/mol. The van der Waals surface area contributed by atoms with Crippen LogP contribution >= 0.6 is 34.3 Å². The van der Waals surface area contributed by atoms with Gasteiger partial charge in [-0.3, -0.25) is 4.79 Å². The molecule has 1 aromatic carbocycles. The maximum atomic E-state index is 12.4. The van der Waals surface area contributed by atoms with Crippen LogP contribution in [-0.4, -0.2) is 32.1 Å². The van der Waals surface area contributed by atoms with Crippen molar-refractivity contribution in [3.8, 4) is 0 Å². The third-order valence-electron chi connectivity index (χ3n) is 3.82. The van der Waals surface area contributed by atoms with Crippen LogP contribution in [-0.2, 0) is 32.5 Å². The zero-order valence-electron chi connectivity index (χ0n) is 14.9. The lowest BCUT2D eigenvalue weighted by Crippen LogP contribution is -2.20. The molecule has 150 valence electrons. The highest BCUT2D eigenvalue weighted by Crippen LogP contribution is 2.23. The van der Waals surface area contributed by atoms with Gasteiger partial charge in [-0.05, 0) is 37.3 Å². The summed E-state index contributed by atoms with van der Waals surface area (Å²) in [5.41, 5.74) is 0.767. The lowest BCUT2D eigenvalue weighted by atomic mass is 10.3. The maximum absolute atomic E-state index is 12.4. The molecule has 0 saturated heterocycles. The van der Waals surface area contributed by atoms with Crippen LogP contribution in [0.2, 0.25) is 4.34 Å². The first-order valence-corrected chi connectivity index (χ1v) is 11.9. The Kier molecular flexibility index (Phi) is 6.69. The van der Waals surface area contributed by atoms with Gasteiger partial charge in [0, 0.05) is 18.0 Å². The van der Waals surface area contributed by atoms with Crippen molar-refractivity contribution in [2.75, 3.05) is 13.2 Å². The first-order chi connectivity index (χ1) is 13.3. The van der Waals surface area contributed by atoms with Gasteiger partial charge in [-0.25, -0.2) is 13.6 Å². The van der Waals surface area contributed by atoms with E-state index in [1.807, 2.05) is 11.5 Å². The van der Waals surface area contributed by atoms with Crippen molar-refractivity contribution in [1.82, 2.24) is 4.57 Å². The molecule has 0 fully saturated rings. The van der Waals surface area contributed by atoms with E-state index >= 15 is 0 Å². The number of nitrogens with zero attached hydrogens (tertiary/aromatic N) is 2. The summed E-state index contributed by atoms with van der Waals surface area (Å²) >= 11 is 8.48. The molecule has 1 amide bonds. The average Bonchev–Trinajstić information content (AvgIpc) is 3.17. The van der Waals surface area contributed by atoms with Crippen LogP contribution in [0.1, 0.15) is 11.8 Å². The van der Waals surface area contributed by atoms with Gasteiger partial charge in [-0.15, -0.1) is 11.3 Å². The van der Waals surface area contributed by atoms with Crippen molar-refractivity contribution >= 4 is 60.4 Å². The number of thiophene rings is 1. The number of fused-ring (bicyclic) bond motifs is 1. The number of nitrogens with two attached hydrogens (primary N) is 1. The molecule has 0 spiro atoms. The summed E-state index contributed by atoms with van der Waals surface area (Å²) in [6, 6.07) is 8.15. The van der Waals surface area contributed by atoms with E-state index in [0.717, 1.165) is 10.4 Å². The van der Waals surface area contributed by atoms with Crippen molar-refractivity contribution in [1.29, 1.82) is 0 Å². The zero-order valence-corrected chi connectivity index (χ0v) is 18.1. The topological polar surface area (TPSA) is 104 Å². The Morgan fingerprint density at radius 2 is 2.07 bits per heavy atom. The third kappa shape index (κ3) is 5.07. The minimum atomic E-state index is -3.82. The van der Waals surface area contributed by atoms with Gasteiger partial charge < -0.3 is 9.30 Å². The van der Waals surface area contributed by atoms with Gasteiger partial charge >= 0.3 is 0 Å². The van der Waals surface area contributed by atoms with Crippen molar-refractivity contribution in [2.24, 2.45) is 10.1 Å². The summed E-state index contributed by atoms with van der Waals surface area (Å²) in [7, 11) is -3.82. The highest BCUT2D eigenvalue weighted by atomic mass is 35.5. The van der Waals surface area contributed by atoms with E-state index < -0.39 is 10.0 Å². The SMILES string of the molecule is CCOCCn1c(=NC(=O)Cc2ccc(Cl)s2)sc2cc(S(N)(=O)=O)ccc21. The van der Waals surface area contributed by atoms with Gasteiger partial charge in [0.05, 0.1) is 32.5 Å². The minimum absolute atomic E-state index is 0.0179. The fraction of sp³-hybridized carbons (Fsp3) is 0.294. The number of carbonyl (C=O) groups is 1. The number of sulfonamides is 1. The van der Waals surface area contributed by atoms with Gasteiger partial charge in [-0.2, -0.15) is 4.99 Å². The number of primary sulfonamides is 1. The number of amides is 1. The summed E-state index contributed by atoms with van der Waals surface area (Å²) < 4.78 is 31.8. The maximum Gasteiger partial charge on any atom is 0.253 e. The van der Waals surface area contributed by atoms with E-state index in [1.165, 1.54) is 34.8 Å². The molecule has 7 nitrogen and oxygen atoms in total. The molecule has 28 heavy (non-hydrogen) atoms. The standard InChI is InChI=1S/C17H18ClN3O4S3/c1-2-25-8-7-21-13-5-4-12(28(19,23)24)10-14(13)27-17(21)20-16(22)9-11-3-6-15(18)26-11/h3-6,10H,2,7-9H2,1H3,(H2,19,23,24). The Morgan fingerprint density at radius 1 is 1.29 bits per heavy atom. The van der Waals surface area contributed by atoms with Crippen LogP contribution in [0.3, 0.4) is 0 Å². The number of hydrogen-bond donors (Lipinski definition) is 1. The van der Waals surface area contributed by atoms with E-state index in [1.54, 1.807) is 18.2 Å². The molecule has 0 aliphatic heterocycles. The Balaban J connectivity index is 2.02. The monoisotopic (exact) mass is 459 g/mol. The normalized spacial score (nSPS) is 12.8. The van der Waals surface area contributed by atoms with Crippen LogP contribution in [0.4, 0.5) is 0 Å². The molecule has 0 atom stereocenters. The Hall–Kier alpha value is -1.56. The Labute approximate surface area is 175 Å². The van der Waals surface area contributed by atoms with E-state index in [-0.39, 0.29) is 17.2 Å². The predicted molar refractivity (Wildman–Crippen MR) is 111 cm³/mol. The summed E-state index contributed by atoms with van der Waals surface area (Å²) in [5, 5.41) is 5.22. The molecule has 0 unspecified atom stereocenters. The number of benzene rings is 1. The summed E-state index contributed by atoms with van der Waals surface area (Å²) in [6.07, 6.45) is 0.152. The van der Waals surface area contributed by atoms with Gasteiger partial charge in [-0.1, -0.05) is 22.9 Å². The third-order valence-corrected chi connectivity index (χ3v) is 7.00. The van der Waals surface area contributed by atoms with Crippen LogP contribution in [0.15, 0.2) is 40.2 Å². The fourth-order valence-corrected chi connectivity index (χ4v) is 5.38. The van der Waals surface area contributed by atoms with Gasteiger partial charge in [0.1, 0.15) is 0 Å². The first kappa shape index (κ1) is 21.2. The predicted octanol–water partition coefficient (Wildman–Crippen LogP) is 2.77.